The largest absolute Gasteiger partial charge is 0.479 e. The highest BCUT2D eigenvalue weighted by Crippen LogP contribution is 2.21. The van der Waals surface area contributed by atoms with Crippen molar-refractivity contribution in [1.82, 2.24) is 0 Å². The van der Waals surface area contributed by atoms with Crippen molar-refractivity contribution >= 4 is 11.8 Å². The molecule has 0 saturated carbocycles. The topological polar surface area (TPSA) is 94.8 Å². The Morgan fingerprint density at radius 1 is 1.35 bits per heavy atom. The van der Waals surface area contributed by atoms with Crippen molar-refractivity contribution in [3.05, 3.63) is 34.9 Å². The summed E-state index contributed by atoms with van der Waals surface area (Å²) < 4.78 is 0. The van der Waals surface area contributed by atoms with Crippen LogP contribution < -0.4 is 0 Å². The lowest BCUT2D eigenvalue weighted by Crippen LogP contribution is -2.15. The fourth-order valence-electron chi connectivity index (χ4n) is 1.51. The average molecular weight is 238 g/mol. The van der Waals surface area contributed by atoms with E-state index in [2.05, 4.69) is 0 Å². The summed E-state index contributed by atoms with van der Waals surface area (Å²) in [6.07, 6.45) is -1.53. The molecule has 3 N–H and O–H groups in total. The van der Waals surface area contributed by atoms with Gasteiger partial charge in [-0.25, -0.2) is 4.79 Å². The van der Waals surface area contributed by atoms with E-state index in [1.54, 1.807) is 6.92 Å². The van der Waals surface area contributed by atoms with Crippen molar-refractivity contribution in [3.8, 4) is 0 Å². The monoisotopic (exact) mass is 238 g/mol. The van der Waals surface area contributed by atoms with Crippen LogP contribution in [-0.2, 0) is 11.4 Å². The van der Waals surface area contributed by atoms with E-state index >= 15 is 0 Å². The lowest BCUT2D eigenvalue weighted by molar-refractivity contribution is -0.146. The molecule has 1 aromatic rings. The van der Waals surface area contributed by atoms with Gasteiger partial charge in [-0.3, -0.25) is 4.79 Å². The molecule has 0 aliphatic rings. The molecule has 0 aromatic heterocycles. The summed E-state index contributed by atoms with van der Waals surface area (Å²) in [6.45, 7) is 1.40. The molecular weight excluding hydrogens is 224 g/mol. The van der Waals surface area contributed by atoms with Crippen LogP contribution in [0.4, 0.5) is 0 Å². The van der Waals surface area contributed by atoms with Crippen LogP contribution in [0.2, 0.25) is 0 Å². The van der Waals surface area contributed by atoms with Gasteiger partial charge in [-0.05, 0) is 11.6 Å². The van der Waals surface area contributed by atoms with Gasteiger partial charge in [-0.2, -0.15) is 0 Å². The number of rotatable bonds is 5. The first-order chi connectivity index (χ1) is 8.01. The maximum Gasteiger partial charge on any atom is 0.337 e. The molecule has 0 aliphatic heterocycles. The van der Waals surface area contributed by atoms with Gasteiger partial charge in [0.25, 0.3) is 0 Å². The molecule has 1 aromatic carbocycles. The molecule has 5 nitrogen and oxygen atoms in total. The minimum absolute atomic E-state index is 0.0570. The molecule has 0 spiro atoms. The number of carboxylic acids is 1. The van der Waals surface area contributed by atoms with Crippen LogP contribution in [-0.4, -0.2) is 27.1 Å². The van der Waals surface area contributed by atoms with Gasteiger partial charge in [0.2, 0.25) is 0 Å². The molecule has 0 saturated heterocycles. The Balaban J connectivity index is 3.29. The van der Waals surface area contributed by atoms with Crippen molar-refractivity contribution in [2.75, 3.05) is 0 Å². The maximum atomic E-state index is 11.6. The smallest absolute Gasteiger partial charge is 0.337 e. The number of carbonyl (C=O) groups is 2. The van der Waals surface area contributed by atoms with Gasteiger partial charge in [-0.15, -0.1) is 0 Å². The molecular formula is C12H14O5. The SMILES string of the molecule is CCC(=O)c1cc(CO)ccc1C(O)C(=O)O. The Kier molecular flexibility index (Phi) is 4.37. The van der Waals surface area contributed by atoms with Crippen LogP contribution in [0.1, 0.15) is 40.9 Å². The van der Waals surface area contributed by atoms with Gasteiger partial charge in [0.15, 0.2) is 11.9 Å². The number of hydrogen-bond donors (Lipinski definition) is 3. The van der Waals surface area contributed by atoms with Crippen LogP contribution in [0.5, 0.6) is 0 Å². The van der Waals surface area contributed by atoms with E-state index in [-0.39, 0.29) is 29.9 Å². The zero-order valence-corrected chi connectivity index (χ0v) is 9.38. The third-order valence-corrected chi connectivity index (χ3v) is 2.45. The minimum Gasteiger partial charge on any atom is -0.479 e. The van der Waals surface area contributed by atoms with Crippen molar-refractivity contribution in [2.45, 2.75) is 26.1 Å². The summed E-state index contributed by atoms with van der Waals surface area (Å²) in [5.74, 6) is -1.68. The Hall–Kier alpha value is -1.72. The zero-order valence-electron chi connectivity index (χ0n) is 9.38. The molecule has 1 rings (SSSR count). The Bertz CT molecular complexity index is 439. The van der Waals surface area contributed by atoms with E-state index in [9.17, 15) is 14.7 Å². The highest BCUT2D eigenvalue weighted by atomic mass is 16.4. The molecule has 1 atom stereocenters. The Morgan fingerprint density at radius 2 is 2.00 bits per heavy atom. The highest BCUT2D eigenvalue weighted by molar-refractivity contribution is 5.98. The number of hydrogen-bond acceptors (Lipinski definition) is 4. The number of Topliss-reactive ketones (excluding diaryl/α,β-unsaturated/α-hetero) is 1. The molecule has 0 amide bonds. The number of aliphatic hydroxyl groups is 2. The maximum absolute atomic E-state index is 11.6. The number of benzene rings is 1. The van der Waals surface area contributed by atoms with Crippen LogP contribution in [0, 0.1) is 0 Å². The summed E-state index contributed by atoms with van der Waals surface area (Å²) in [7, 11) is 0. The van der Waals surface area contributed by atoms with E-state index in [0.29, 0.717) is 5.56 Å². The second kappa shape index (κ2) is 5.56. The van der Waals surface area contributed by atoms with E-state index in [0.717, 1.165) is 0 Å². The van der Waals surface area contributed by atoms with Gasteiger partial charge in [0.1, 0.15) is 0 Å². The third-order valence-electron chi connectivity index (χ3n) is 2.45. The van der Waals surface area contributed by atoms with Crippen LogP contribution in [0.25, 0.3) is 0 Å². The molecule has 0 heterocycles. The van der Waals surface area contributed by atoms with Gasteiger partial charge in [-0.1, -0.05) is 19.1 Å². The van der Waals surface area contributed by atoms with Gasteiger partial charge in [0.05, 0.1) is 6.61 Å². The molecule has 0 bridgehead atoms. The van der Waals surface area contributed by atoms with Crippen molar-refractivity contribution in [3.63, 3.8) is 0 Å². The van der Waals surface area contributed by atoms with E-state index in [4.69, 9.17) is 10.2 Å². The summed E-state index contributed by atoms with van der Waals surface area (Å²) in [5.41, 5.74) is 0.707. The minimum atomic E-state index is -1.73. The molecule has 0 fully saturated rings. The predicted octanol–water partition coefficient (Wildman–Crippen LogP) is 0.890. The molecule has 5 heteroatoms. The Morgan fingerprint density at radius 3 is 2.47 bits per heavy atom. The molecule has 0 aliphatic carbocycles. The summed E-state index contributed by atoms with van der Waals surface area (Å²) in [6, 6.07) is 4.24. The van der Waals surface area contributed by atoms with E-state index in [1.807, 2.05) is 0 Å². The van der Waals surface area contributed by atoms with Crippen LogP contribution in [0.3, 0.4) is 0 Å². The lowest BCUT2D eigenvalue weighted by Gasteiger charge is -2.12. The molecule has 92 valence electrons. The fraction of sp³-hybridized carbons (Fsp3) is 0.333. The number of aliphatic hydroxyl groups excluding tert-OH is 2. The van der Waals surface area contributed by atoms with Crippen LogP contribution in [0.15, 0.2) is 18.2 Å². The predicted molar refractivity (Wildman–Crippen MR) is 59.6 cm³/mol. The second-order valence-corrected chi connectivity index (χ2v) is 3.60. The molecule has 0 radical (unpaired) electrons. The summed E-state index contributed by atoms with van der Waals surface area (Å²) in [5, 5.41) is 27.2. The number of aliphatic carboxylic acids is 1. The standard InChI is InChI=1S/C12H14O5/c1-2-10(14)9-5-7(6-13)3-4-8(9)11(15)12(16)17/h3-5,11,13,15H,2,6H2,1H3,(H,16,17). The average Bonchev–Trinajstić information content (AvgIpc) is 2.35. The number of ketones is 1. The number of carboxylic acid groups (broad SMARTS) is 1. The van der Waals surface area contributed by atoms with Crippen molar-refractivity contribution in [1.29, 1.82) is 0 Å². The summed E-state index contributed by atoms with van der Waals surface area (Å²) in [4.78, 5) is 22.4. The number of carbonyl (C=O) groups excluding carboxylic acids is 1. The lowest BCUT2D eigenvalue weighted by atomic mass is 9.96. The van der Waals surface area contributed by atoms with Crippen LogP contribution >= 0.6 is 0 Å². The first kappa shape index (κ1) is 13.3. The fourth-order valence-corrected chi connectivity index (χ4v) is 1.51. The molecule has 1 unspecified atom stereocenters. The highest BCUT2D eigenvalue weighted by Gasteiger charge is 2.22. The third kappa shape index (κ3) is 2.89. The summed E-state index contributed by atoms with van der Waals surface area (Å²) >= 11 is 0. The zero-order chi connectivity index (χ0) is 13.0. The van der Waals surface area contributed by atoms with E-state index < -0.39 is 12.1 Å². The normalized spacial score (nSPS) is 12.2. The van der Waals surface area contributed by atoms with Gasteiger partial charge >= 0.3 is 5.97 Å². The van der Waals surface area contributed by atoms with E-state index in [1.165, 1.54) is 18.2 Å². The van der Waals surface area contributed by atoms with Gasteiger partial charge < -0.3 is 15.3 Å². The molecule has 17 heavy (non-hydrogen) atoms. The Labute approximate surface area is 98.3 Å². The first-order valence-corrected chi connectivity index (χ1v) is 5.19. The first-order valence-electron chi connectivity index (χ1n) is 5.19. The van der Waals surface area contributed by atoms with Crippen molar-refractivity contribution in [2.24, 2.45) is 0 Å². The second-order valence-electron chi connectivity index (χ2n) is 3.60. The quantitative estimate of drug-likeness (QED) is 0.662. The van der Waals surface area contributed by atoms with Gasteiger partial charge in [0, 0.05) is 17.5 Å². The van der Waals surface area contributed by atoms with Crippen molar-refractivity contribution < 1.29 is 24.9 Å².